The minimum Gasteiger partial charge on any atom is -0.455 e. The molecule has 3 fully saturated rings. The van der Waals surface area contributed by atoms with Crippen LogP contribution >= 0.6 is 0 Å². The van der Waals surface area contributed by atoms with Crippen LogP contribution in [0, 0.1) is 52.3 Å². The molecule has 0 aromatic carbocycles. The van der Waals surface area contributed by atoms with E-state index in [2.05, 4.69) is 59.8 Å². The molecule has 3 saturated carbocycles. The molecule has 4 aliphatic carbocycles. The molecule has 9 atom stereocenters. The van der Waals surface area contributed by atoms with Gasteiger partial charge in [-0.05, 0) is 104 Å². The van der Waals surface area contributed by atoms with Crippen LogP contribution in [0.5, 0.6) is 0 Å². The third kappa shape index (κ3) is 4.94. The predicted octanol–water partition coefficient (Wildman–Crippen LogP) is 8.91. The van der Waals surface area contributed by atoms with E-state index in [1.54, 1.807) is 0 Å². The molecule has 2 nitrogen and oxygen atoms in total. The summed E-state index contributed by atoms with van der Waals surface area (Å²) >= 11 is 0. The van der Waals surface area contributed by atoms with E-state index in [0.717, 1.165) is 24.7 Å². The van der Waals surface area contributed by atoms with Crippen molar-refractivity contribution in [2.45, 2.75) is 112 Å². The lowest BCUT2D eigenvalue weighted by Gasteiger charge is -2.58. The third-order valence-corrected chi connectivity index (χ3v) is 11.3. The number of rotatable bonds is 6. The van der Waals surface area contributed by atoms with Crippen LogP contribution in [-0.4, -0.2) is 18.2 Å². The quantitative estimate of drug-likeness (QED) is 0.264. The first-order chi connectivity index (χ1) is 16.8. The molecule has 0 bridgehead atoms. The van der Waals surface area contributed by atoms with Gasteiger partial charge in [0.25, 0.3) is 0 Å². The van der Waals surface area contributed by atoms with Crippen molar-refractivity contribution in [3.8, 4) is 0 Å². The van der Waals surface area contributed by atoms with Gasteiger partial charge >= 0.3 is 12.1 Å². The molecule has 0 N–H and O–H groups in total. The summed E-state index contributed by atoms with van der Waals surface area (Å²) in [6.07, 6.45) is 10.8. The number of carbonyl (C=O) groups excluding carboxylic acids is 1. The van der Waals surface area contributed by atoms with E-state index in [-0.39, 0.29) is 5.41 Å². The summed E-state index contributed by atoms with van der Waals surface area (Å²) in [6.45, 7) is 14.2. The van der Waals surface area contributed by atoms with Gasteiger partial charge in [0.1, 0.15) is 6.10 Å². The maximum atomic E-state index is 12.7. The molecule has 204 valence electrons. The zero-order valence-corrected chi connectivity index (χ0v) is 23.2. The number of halogens is 3. The molecule has 0 spiro atoms. The molecule has 4 rings (SSSR count). The van der Waals surface area contributed by atoms with Gasteiger partial charge in [0.15, 0.2) is 0 Å². The molecule has 0 saturated heterocycles. The Morgan fingerprint density at radius 3 is 2.44 bits per heavy atom. The number of fused-ring (bicyclic) bond motifs is 5. The molecule has 0 heterocycles. The van der Waals surface area contributed by atoms with E-state index < -0.39 is 18.2 Å². The van der Waals surface area contributed by atoms with Crippen molar-refractivity contribution < 1.29 is 22.7 Å². The van der Waals surface area contributed by atoms with Crippen LogP contribution in [0.1, 0.15) is 99.3 Å². The van der Waals surface area contributed by atoms with Crippen molar-refractivity contribution >= 4 is 5.97 Å². The predicted molar refractivity (Wildman–Crippen MR) is 138 cm³/mol. The Balaban J connectivity index is 1.47. The molecule has 36 heavy (non-hydrogen) atoms. The lowest BCUT2D eigenvalue weighted by molar-refractivity contribution is -0.206. The van der Waals surface area contributed by atoms with Crippen molar-refractivity contribution in [3.05, 3.63) is 23.8 Å². The summed E-state index contributed by atoms with van der Waals surface area (Å²) in [4.78, 5) is 11.4. The van der Waals surface area contributed by atoms with Gasteiger partial charge in [0, 0.05) is 6.42 Å². The number of hydrogen-bond donors (Lipinski definition) is 0. The van der Waals surface area contributed by atoms with E-state index in [0.29, 0.717) is 47.8 Å². The molecule has 0 amide bonds. The van der Waals surface area contributed by atoms with Crippen molar-refractivity contribution in [2.24, 2.45) is 52.3 Å². The molecular formula is C31H47F3O2. The van der Waals surface area contributed by atoms with Crippen LogP contribution in [0.25, 0.3) is 0 Å². The molecule has 5 heteroatoms. The number of allylic oxidation sites excluding steroid dienone is 3. The number of esters is 1. The average molecular weight is 509 g/mol. The summed E-state index contributed by atoms with van der Waals surface area (Å²) in [5.74, 6) is 2.57. The molecule has 0 aromatic rings. The van der Waals surface area contributed by atoms with Gasteiger partial charge in [-0.1, -0.05) is 65.3 Å². The van der Waals surface area contributed by atoms with Crippen LogP contribution in [0.15, 0.2) is 23.8 Å². The number of carbonyl (C=O) groups is 1. The highest BCUT2D eigenvalue weighted by atomic mass is 19.4. The molecular weight excluding hydrogens is 461 g/mol. The second-order valence-corrected chi connectivity index (χ2v) is 13.3. The van der Waals surface area contributed by atoms with Gasteiger partial charge in [-0.15, -0.1) is 0 Å². The summed E-state index contributed by atoms with van der Waals surface area (Å²) < 4.78 is 43.1. The highest BCUT2D eigenvalue weighted by Gasteiger charge is 2.59. The van der Waals surface area contributed by atoms with Gasteiger partial charge in [-0.2, -0.15) is 13.2 Å². The Bertz CT molecular complexity index is 874. The molecule has 9 unspecified atom stereocenters. The van der Waals surface area contributed by atoms with Gasteiger partial charge in [0.05, 0.1) is 0 Å². The second kappa shape index (κ2) is 10.1. The summed E-state index contributed by atoms with van der Waals surface area (Å²) in [7, 11) is 0. The van der Waals surface area contributed by atoms with Gasteiger partial charge < -0.3 is 4.74 Å². The topological polar surface area (TPSA) is 26.3 Å². The van der Waals surface area contributed by atoms with Crippen LogP contribution in [-0.2, 0) is 9.53 Å². The first kappa shape index (κ1) is 27.8. The smallest absolute Gasteiger partial charge is 0.455 e. The lowest BCUT2D eigenvalue weighted by atomic mass is 9.47. The first-order valence-corrected chi connectivity index (χ1v) is 14.5. The largest absolute Gasteiger partial charge is 0.490 e. The van der Waals surface area contributed by atoms with Crippen molar-refractivity contribution in [2.75, 3.05) is 0 Å². The van der Waals surface area contributed by atoms with Gasteiger partial charge in [-0.25, -0.2) is 4.79 Å². The Kier molecular flexibility index (Phi) is 7.82. The number of hydrogen-bond acceptors (Lipinski definition) is 2. The molecule has 0 aromatic heterocycles. The molecule has 0 radical (unpaired) electrons. The fourth-order valence-corrected chi connectivity index (χ4v) is 9.13. The maximum absolute atomic E-state index is 12.7. The fraction of sp³-hybridized carbons (Fsp3) is 0.839. The van der Waals surface area contributed by atoms with Crippen molar-refractivity contribution in [1.29, 1.82) is 0 Å². The highest BCUT2D eigenvalue weighted by Crippen LogP contribution is 2.67. The zero-order chi connectivity index (χ0) is 26.5. The zero-order valence-electron chi connectivity index (χ0n) is 23.2. The number of ether oxygens (including phenoxy) is 1. The molecule has 0 aliphatic heterocycles. The average Bonchev–Trinajstić information content (AvgIpc) is 3.16. The van der Waals surface area contributed by atoms with E-state index in [1.165, 1.54) is 37.7 Å². The van der Waals surface area contributed by atoms with Crippen molar-refractivity contribution in [3.63, 3.8) is 0 Å². The summed E-state index contributed by atoms with van der Waals surface area (Å²) in [6, 6.07) is 0. The molecule has 4 aliphatic rings. The summed E-state index contributed by atoms with van der Waals surface area (Å²) in [5, 5.41) is 0. The summed E-state index contributed by atoms with van der Waals surface area (Å²) in [5.41, 5.74) is 1.63. The van der Waals surface area contributed by atoms with Crippen LogP contribution in [0.3, 0.4) is 0 Å². The standard InChI is InChI=1S/C31H47F3O2/c1-7-21(19(2)3)9-8-20(4)25-12-13-26-24-11-10-22-18-23(36-28(35)31(32,33)34)14-16-29(22,5)27(24)15-17-30(25,26)6/h8-10,19-21,23-27H,7,11-18H2,1-6H3/b9-8+. The second-order valence-electron chi connectivity index (χ2n) is 13.3. The Hall–Kier alpha value is -1.26. The Labute approximate surface area is 216 Å². The first-order valence-electron chi connectivity index (χ1n) is 14.5. The third-order valence-electron chi connectivity index (χ3n) is 11.3. The SMILES string of the molecule is CCC(/C=C/C(C)C1CCC2C3CC=C4CC(OC(=O)C(F)(F)F)CCC4(C)C3CCC12C)C(C)C. The van der Waals surface area contributed by atoms with E-state index in [1.807, 2.05) is 0 Å². The minimum absolute atomic E-state index is 0.0284. The van der Waals surface area contributed by atoms with E-state index >= 15 is 0 Å². The Morgan fingerprint density at radius 1 is 1.08 bits per heavy atom. The van der Waals surface area contributed by atoms with Crippen LogP contribution in [0.4, 0.5) is 13.2 Å². The normalized spacial score (nSPS) is 40.3. The van der Waals surface area contributed by atoms with Gasteiger partial charge in [-0.3, -0.25) is 0 Å². The highest BCUT2D eigenvalue weighted by molar-refractivity contribution is 5.75. The van der Waals surface area contributed by atoms with E-state index in [9.17, 15) is 18.0 Å². The van der Waals surface area contributed by atoms with Crippen LogP contribution in [0.2, 0.25) is 0 Å². The van der Waals surface area contributed by atoms with Crippen LogP contribution < -0.4 is 0 Å². The van der Waals surface area contributed by atoms with Gasteiger partial charge in [0.2, 0.25) is 0 Å². The fourth-order valence-electron chi connectivity index (χ4n) is 9.13. The minimum atomic E-state index is -4.92. The van der Waals surface area contributed by atoms with E-state index in [4.69, 9.17) is 4.74 Å². The monoisotopic (exact) mass is 508 g/mol. The number of alkyl halides is 3. The lowest BCUT2D eigenvalue weighted by Crippen LogP contribution is -2.51. The van der Waals surface area contributed by atoms with Crippen molar-refractivity contribution in [1.82, 2.24) is 0 Å². The Morgan fingerprint density at radius 2 is 1.81 bits per heavy atom. The maximum Gasteiger partial charge on any atom is 0.490 e.